The van der Waals surface area contributed by atoms with Crippen LogP contribution < -0.4 is 0 Å². The first kappa shape index (κ1) is 15.2. The molecular weight excluding hydrogens is 240 g/mol. The molecule has 0 fully saturated rings. The van der Waals surface area contributed by atoms with Crippen molar-refractivity contribution in [3.63, 3.8) is 0 Å². The molecule has 4 heteroatoms. The molecular formula is C15H20N2O2. The molecule has 1 unspecified atom stereocenters. The van der Waals surface area contributed by atoms with Crippen LogP contribution in [0.2, 0.25) is 0 Å². The van der Waals surface area contributed by atoms with Crippen molar-refractivity contribution in [2.24, 2.45) is 0 Å². The fourth-order valence-electron chi connectivity index (χ4n) is 1.95. The molecule has 0 aliphatic heterocycles. The summed E-state index contributed by atoms with van der Waals surface area (Å²) < 4.78 is 0. The number of carbonyl (C=O) groups excluding carboxylic acids is 1. The van der Waals surface area contributed by atoms with Crippen LogP contribution in [0.4, 0.5) is 0 Å². The zero-order chi connectivity index (χ0) is 14.3. The third-order valence-electron chi connectivity index (χ3n) is 2.97. The molecule has 0 heterocycles. The van der Waals surface area contributed by atoms with E-state index in [0.717, 1.165) is 0 Å². The Hall–Kier alpha value is -1.86. The lowest BCUT2D eigenvalue weighted by molar-refractivity contribution is -0.133. The molecule has 0 radical (unpaired) electrons. The highest BCUT2D eigenvalue weighted by Crippen LogP contribution is 2.19. The highest BCUT2D eigenvalue weighted by atomic mass is 16.3. The molecule has 19 heavy (non-hydrogen) atoms. The molecule has 0 aromatic heterocycles. The van der Waals surface area contributed by atoms with Crippen LogP contribution in [0, 0.1) is 11.3 Å². The van der Waals surface area contributed by atoms with Crippen LogP contribution in [0.1, 0.15) is 31.7 Å². The van der Waals surface area contributed by atoms with E-state index in [4.69, 9.17) is 5.11 Å². The Morgan fingerprint density at radius 3 is 2.47 bits per heavy atom. The summed E-state index contributed by atoms with van der Waals surface area (Å²) >= 11 is 0. The molecule has 1 aromatic carbocycles. The van der Waals surface area contributed by atoms with Crippen molar-refractivity contribution in [1.29, 1.82) is 5.26 Å². The average Bonchev–Trinajstić information content (AvgIpc) is 2.41. The Morgan fingerprint density at radius 1 is 1.37 bits per heavy atom. The number of amides is 1. The monoisotopic (exact) mass is 260 g/mol. The maximum atomic E-state index is 12.4. The smallest absolute Gasteiger partial charge is 0.244 e. The van der Waals surface area contributed by atoms with Gasteiger partial charge in [-0.3, -0.25) is 4.79 Å². The Balaban J connectivity index is 2.91. The van der Waals surface area contributed by atoms with Gasteiger partial charge in [0.1, 0.15) is 5.92 Å². The summed E-state index contributed by atoms with van der Waals surface area (Å²) in [5, 5.41) is 18.1. The van der Waals surface area contributed by atoms with Gasteiger partial charge in [-0.05, 0) is 25.8 Å². The highest BCUT2D eigenvalue weighted by Gasteiger charge is 2.26. The maximum absolute atomic E-state index is 12.4. The van der Waals surface area contributed by atoms with E-state index >= 15 is 0 Å². The van der Waals surface area contributed by atoms with Crippen molar-refractivity contribution in [2.75, 3.05) is 13.2 Å². The number of nitrogens with zero attached hydrogens (tertiary/aromatic N) is 2. The molecule has 0 saturated heterocycles. The van der Waals surface area contributed by atoms with Crippen molar-refractivity contribution >= 4 is 5.91 Å². The van der Waals surface area contributed by atoms with Crippen LogP contribution in [-0.4, -0.2) is 35.1 Å². The summed E-state index contributed by atoms with van der Waals surface area (Å²) in [5.41, 5.74) is 0.713. The van der Waals surface area contributed by atoms with Crippen LogP contribution in [0.15, 0.2) is 30.3 Å². The molecule has 0 bridgehead atoms. The Labute approximate surface area is 114 Å². The fraction of sp³-hybridized carbons (Fsp3) is 0.467. The number of rotatable bonds is 6. The minimum absolute atomic E-state index is 0.0126. The van der Waals surface area contributed by atoms with Gasteiger partial charge in [-0.1, -0.05) is 30.3 Å². The van der Waals surface area contributed by atoms with E-state index in [0.29, 0.717) is 18.5 Å². The molecule has 1 aromatic rings. The average molecular weight is 260 g/mol. The number of aliphatic hydroxyl groups is 1. The second-order valence-corrected chi connectivity index (χ2v) is 4.68. The zero-order valence-electron chi connectivity index (χ0n) is 11.4. The maximum Gasteiger partial charge on any atom is 0.244 e. The van der Waals surface area contributed by atoms with E-state index in [1.165, 1.54) is 0 Å². The summed E-state index contributed by atoms with van der Waals surface area (Å²) in [7, 11) is 0. The van der Waals surface area contributed by atoms with E-state index in [9.17, 15) is 10.1 Å². The second-order valence-electron chi connectivity index (χ2n) is 4.68. The van der Waals surface area contributed by atoms with Crippen LogP contribution in [-0.2, 0) is 4.79 Å². The van der Waals surface area contributed by atoms with Gasteiger partial charge in [0.05, 0.1) is 6.07 Å². The highest BCUT2D eigenvalue weighted by molar-refractivity contribution is 5.86. The normalized spacial score (nSPS) is 11.9. The van der Waals surface area contributed by atoms with Crippen molar-refractivity contribution in [3.8, 4) is 6.07 Å². The third-order valence-corrected chi connectivity index (χ3v) is 2.97. The number of nitriles is 1. The second kappa shape index (κ2) is 7.55. The minimum atomic E-state index is -0.776. The summed E-state index contributed by atoms with van der Waals surface area (Å²) in [6.07, 6.45) is 0.525. The summed E-state index contributed by atoms with van der Waals surface area (Å²) in [6.45, 7) is 4.33. The van der Waals surface area contributed by atoms with Crippen molar-refractivity contribution in [2.45, 2.75) is 32.2 Å². The first-order valence-electron chi connectivity index (χ1n) is 6.47. The van der Waals surface area contributed by atoms with Crippen LogP contribution >= 0.6 is 0 Å². The van der Waals surface area contributed by atoms with Crippen LogP contribution in [0.3, 0.4) is 0 Å². The quantitative estimate of drug-likeness (QED) is 0.849. The zero-order valence-corrected chi connectivity index (χ0v) is 11.4. The number of aliphatic hydroxyl groups excluding tert-OH is 1. The number of hydrogen-bond acceptors (Lipinski definition) is 3. The van der Waals surface area contributed by atoms with Gasteiger partial charge in [0.2, 0.25) is 5.91 Å². The van der Waals surface area contributed by atoms with Gasteiger partial charge in [-0.2, -0.15) is 5.26 Å². The van der Waals surface area contributed by atoms with E-state index in [1.54, 1.807) is 17.0 Å². The first-order chi connectivity index (χ1) is 9.11. The molecule has 0 saturated carbocycles. The topological polar surface area (TPSA) is 64.3 Å². The minimum Gasteiger partial charge on any atom is -0.396 e. The van der Waals surface area contributed by atoms with Gasteiger partial charge in [-0.15, -0.1) is 0 Å². The fourth-order valence-corrected chi connectivity index (χ4v) is 1.95. The van der Waals surface area contributed by atoms with Crippen LogP contribution in [0.25, 0.3) is 0 Å². The van der Waals surface area contributed by atoms with Gasteiger partial charge in [0.15, 0.2) is 0 Å². The molecule has 0 spiro atoms. The van der Waals surface area contributed by atoms with E-state index in [1.807, 2.05) is 32.0 Å². The molecule has 1 atom stereocenters. The molecule has 0 aliphatic rings. The third kappa shape index (κ3) is 4.08. The summed E-state index contributed by atoms with van der Waals surface area (Å²) in [4.78, 5) is 14.1. The summed E-state index contributed by atoms with van der Waals surface area (Å²) in [5.74, 6) is -0.973. The molecule has 0 aliphatic carbocycles. The number of benzene rings is 1. The lowest BCUT2D eigenvalue weighted by Crippen LogP contribution is -2.40. The van der Waals surface area contributed by atoms with Crippen molar-refractivity contribution in [1.82, 2.24) is 4.90 Å². The van der Waals surface area contributed by atoms with Crippen LogP contribution in [0.5, 0.6) is 0 Å². The Morgan fingerprint density at radius 2 is 2.00 bits per heavy atom. The standard InChI is InChI=1S/C15H20N2O2/c1-12(2)17(9-6-10-18)15(19)14(11-16)13-7-4-3-5-8-13/h3-5,7-8,12,14,18H,6,9-10H2,1-2H3. The van der Waals surface area contributed by atoms with Gasteiger partial charge in [0.25, 0.3) is 0 Å². The van der Waals surface area contributed by atoms with Gasteiger partial charge < -0.3 is 10.0 Å². The predicted molar refractivity (Wildman–Crippen MR) is 73.3 cm³/mol. The van der Waals surface area contributed by atoms with Gasteiger partial charge >= 0.3 is 0 Å². The molecule has 4 nitrogen and oxygen atoms in total. The van der Waals surface area contributed by atoms with E-state index < -0.39 is 5.92 Å². The molecule has 102 valence electrons. The number of carbonyl (C=O) groups is 1. The Kier molecular flexibility index (Phi) is 6.04. The first-order valence-corrected chi connectivity index (χ1v) is 6.47. The lowest BCUT2D eigenvalue weighted by atomic mass is 9.98. The SMILES string of the molecule is CC(C)N(CCCO)C(=O)C(C#N)c1ccccc1. The van der Waals surface area contributed by atoms with E-state index in [2.05, 4.69) is 6.07 Å². The number of hydrogen-bond donors (Lipinski definition) is 1. The largest absolute Gasteiger partial charge is 0.396 e. The molecule has 1 amide bonds. The molecule has 1 N–H and O–H groups in total. The predicted octanol–water partition coefficient (Wildman–Crippen LogP) is 1.91. The van der Waals surface area contributed by atoms with Gasteiger partial charge in [0, 0.05) is 19.2 Å². The van der Waals surface area contributed by atoms with Crippen molar-refractivity contribution in [3.05, 3.63) is 35.9 Å². The summed E-state index contributed by atoms with van der Waals surface area (Å²) in [6, 6.07) is 11.2. The molecule has 1 rings (SSSR count). The van der Waals surface area contributed by atoms with Gasteiger partial charge in [-0.25, -0.2) is 0 Å². The van der Waals surface area contributed by atoms with E-state index in [-0.39, 0.29) is 18.6 Å². The lowest BCUT2D eigenvalue weighted by Gasteiger charge is -2.28. The Bertz CT molecular complexity index is 437. The van der Waals surface area contributed by atoms with Crippen molar-refractivity contribution < 1.29 is 9.90 Å².